The van der Waals surface area contributed by atoms with Gasteiger partial charge in [-0.3, -0.25) is 14.9 Å². The SMILES string of the molecule is O=C(NCc1cccnc1)c1n[nH]c2c1CNCC2. The molecular formula is C13H15N5O. The van der Waals surface area contributed by atoms with Crippen LogP contribution >= 0.6 is 0 Å². The molecule has 6 heteroatoms. The van der Waals surface area contributed by atoms with Gasteiger partial charge in [0.25, 0.3) is 5.91 Å². The van der Waals surface area contributed by atoms with Crippen LogP contribution in [0.25, 0.3) is 0 Å². The Kier molecular flexibility index (Phi) is 3.24. The van der Waals surface area contributed by atoms with E-state index >= 15 is 0 Å². The van der Waals surface area contributed by atoms with E-state index in [2.05, 4.69) is 25.8 Å². The summed E-state index contributed by atoms with van der Waals surface area (Å²) in [6.07, 6.45) is 4.33. The Hall–Kier alpha value is -2.21. The predicted octanol–water partition coefficient (Wildman–Crippen LogP) is 0.380. The first-order valence-electron chi connectivity index (χ1n) is 6.28. The Balaban J connectivity index is 1.69. The highest BCUT2D eigenvalue weighted by atomic mass is 16.1. The number of carbonyl (C=O) groups is 1. The summed E-state index contributed by atoms with van der Waals surface area (Å²) in [7, 11) is 0. The molecule has 3 heterocycles. The molecule has 3 rings (SSSR count). The van der Waals surface area contributed by atoms with Crippen molar-refractivity contribution in [3.05, 3.63) is 47.0 Å². The number of hydrogen-bond acceptors (Lipinski definition) is 4. The van der Waals surface area contributed by atoms with E-state index in [9.17, 15) is 4.79 Å². The molecule has 0 spiro atoms. The highest BCUT2D eigenvalue weighted by Crippen LogP contribution is 2.15. The maximum atomic E-state index is 12.1. The summed E-state index contributed by atoms with van der Waals surface area (Å²) < 4.78 is 0. The van der Waals surface area contributed by atoms with Gasteiger partial charge in [0.2, 0.25) is 0 Å². The third-order valence-electron chi connectivity index (χ3n) is 3.20. The number of H-pyrrole nitrogens is 1. The first-order chi connectivity index (χ1) is 9.34. The van der Waals surface area contributed by atoms with Crippen LogP contribution in [0, 0.1) is 0 Å². The van der Waals surface area contributed by atoms with Crippen LogP contribution in [-0.2, 0) is 19.5 Å². The monoisotopic (exact) mass is 257 g/mol. The van der Waals surface area contributed by atoms with E-state index in [0.717, 1.165) is 29.8 Å². The first-order valence-corrected chi connectivity index (χ1v) is 6.28. The number of amides is 1. The lowest BCUT2D eigenvalue weighted by atomic mass is 10.1. The van der Waals surface area contributed by atoms with E-state index in [1.807, 2.05) is 12.1 Å². The number of rotatable bonds is 3. The Morgan fingerprint density at radius 3 is 3.26 bits per heavy atom. The van der Waals surface area contributed by atoms with Crippen LogP contribution in [0.3, 0.4) is 0 Å². The topological polar surface area (TPSA) is 82.7 Å². The third kappa shape index (κ3) is 2.48. The van der Waals surface area contributed by atoms with E-state index < -0.39 is 0 Å². The smallest absolute Gasteiger partial charge is 0.272 e. The van der Waals surface area contributed by atoms with Crippen LogP contribution in [0.15, 0.2) is 24.5 Å². The third-order valence-corrected chi connectivity index (χ3v) is 3.20. The van der Waals surface area contributed by atoms with E-state index in [4.69, 9.17) is 0 Å². The summed E-state index contributed by atoms with van der Waals surface area (Å²) in [5, 5.41) is 13.2. The number of carbonyl (C=O) groups excluding carboxylic acids is 1. The molecule has 1 aliphatic heterocycles. The minimum atomic E-state index is -0.148. The van der Waals surface area contributed by atoms with Gasteiger partial charge >= 0.3 is 0 Å². The average molecular weight is 257 g/mol. The van der Waals surface area contributed by atoms with Gasteiger partial charge < -0.3 is 10.6 Å². The molecule has 0 bridgehead atoms. The molecule has 0 unspecified atom stereocenters. The first kappa shape index (κ1) is 11.9. The molecule has 19 heavy (non-hydrogen) atoms. The number of pyridine rings is 1. The van der Waals surface area contributed by atoms with Crippen LogP contribution in [0.4, 0.5) is 0 Å². The molecule has 0 aromatic carbocycles. The molecule has 0 fully saturated rings. The fraction of sp³-hybridized carbons (Fsp3) is 0.308. The number of aromatic nitrogens is 3. The van der Waals surface area contributed by atoms with Crippen LogP contribution in [0.5, 0.6) is 0 Å². The van der Waals surface area contributed by atoms with Gasteiger partial charge in [0.1, 0.15) is 0 Å². The van der Waals surface area contributed by atoms with Gasteiger partial charge in [0.05, 0.1) is 0 Å². The van der Waals surface area contributed by atoms with Crippen molar-refractivity contribution in [3.63, 3.8) is 0 Å². The minimum absolute atomic E-state index is 0.148. The fourth-order valence-corrected chi connectivity index (χ4v) is 2.18. The van der Waals surface area contributed by atoms with Gasteiger partial charge in [-0.25, -0.2) is 0 Å². The molecule has 3 N–H and O–H groups in total. The minimum Gasteiger partial charge on any atom is -0.346 e. The van der Waals surface area contributed by atoms with Crippen molar-refractivity contribution in [2.24, 2.45) is 0 Å². The Labute approximate surface area is 110 Å². The van der Waals surface area contributed by atoms with Crippen molar-refractivity contribution in [1.82, 2.24) is 25.8 Å². The molecule has 6 nitrogen and oxygen atoms in total. The van der Waals surface area contributed by atoms with E-state index in [1.54, 1.807) is 12.4 Å². The highest BCUT2D eigenvalue weighted by molar-refractivity contribution is 5.93. The van der Waals surface area contributed by atoms with Crippen LogP contribution < -0.4 is 10.6 Å². The Morgan fingerprint density at radius 2 is 2.42 bits per heavy atom. The number of nitrogens with one attached hydrogen (secondary N) is 3. The molecule has 2 aromatic heterocycles. The van der Waals surface area contributed by atoms with Gasteiger partial charge in [0, 0.05) is 49.7 Å². The highest BCUT2D eigenvalue weighted by Gasteiger charge is 2.21. The van der Waals surface area contributed by atoms with Crippen molar-refractivity contribution < 1.29 is 4.79 Å². The van der Waals surface area contributed by atoms with Crippen molar-refractivity contribution in [3.8, 4) is 0 Å². The van der Waals surface area contributed by atoms with E-state index in [0.29, 0.717) is 18.8 Å². The van der Waals surface area contributed by atoms with E-state index in [-0.39, 0.29) is 5.91 Å². The van der Waals surface area contributed by atoms with Gasteiger partial charge in [-0.05, 0) is 11.6 Å². The summed E-state index contributed by atoms with van der Waals surface area (Å²) in [6.45, 7) is 2.08. The van der Waals surface area contributed by atoms with Gasteiger partial charge in [-0.2, -0.15) is 5.10 Å². The molecule has 0 aliphatic carbocycles. The lowest BCUT2D eigenvalue weighted by Gasteiger charge is -2.12. The summed E-state index contributed by atoms with van der Waals surface area (Å²) in [6, 6.07) is 3.77. The van der Waals surface area contributed by atoms with Crippen molar-refractivity contribution in [2.45, 2.75) is 19.5 Å². The second kappa shape index (κ2) is 5.19. The Morgan fingerprint density at radius 1 is 1.47 bits per heavy atom. The predicted molar refractivity (Wildman–Crippen MR) is 69.4 cm³/mol. The zero-order chi connectivity index (χ0) is 13.1. The van der Waals surface area contributed by atoms with Crippen LogP contribution in [0.2, 0.25) is 0 Å². The molecule has 1 aliphatic rings. The van der Waals surface area contributed by atoms with Gasteiger partial charge in [-0.15, -0.1) is 0 Å². The lowest BCUT2D eigenvalue weighted by molar-refractivity contribution is 0.0944. The van der Waals surface area contributed by atoms with E-state index in [1.165, 1.54) is 0 Å². The summed E-state index contributed by atoms with van der Waals surface area (Å²) in [5.74, 6) is -0.148. The molecule has 98 valence electrons. The summed E-state index contributed by atoms with van der Waals surface area (Å²) in [4.78, 5) is 16.1. The Bertz CT molecular complexity index is 578. The molecule has 0 saturated carbocycles. The molecule has 0 atom stereocenters. The molecule has 1 amide bonds. The van der Waals surface area contributed by atoms with Crippen molar-refractivity contribution in [1.29, 1.82) is 0 Å². The molecule has 0 saturated heterocycles. The zero-order valence-corrected chi connectivity index (χ0v) is 10.4. The average Bonchev–Trinajstić information content (AvgIpc) is 2.90. The largest absolute Gasteiger partial charge is 0.346 e. The quantitative estimate of drug-likeness (QED) is 0.742. The molecular weight excluding hydrogens is 242 g/mol. The molecule has 2 aromatic rings. The van der Waals surface area contributed by atoms with Crippen molar-refractivity contribution >= 4 is 5.91 Å². The second-order valence-corrected chi connectivity index (χ2v) is 4.50. The maximum absolute atomic E-state index is 12.1. The zero-order valence-electron chi connectivity index (χ0n) is 10.4. The number of fused-ring (bicyclic) bond motifs is 1. The van der Waals surface area contributed by atoms with Gasteiger partial charge in [-0.1, -0.05) is 6.07 Å². The second-order valence-electron chi connectivity index (χ2n) is 4.50. The van der Waals surface area contributed by atoms with Crippen molar-refractivity contribution in [2.75, 3.05) is 6.54 Å². The van der Waals surface area contributed by atoms with Crippen LogP contribution in [-0.4, -0.2) is 27.6 Å². The fourth-order valence-electron chi connectivity index (χ4n) is 2.18. The molecule has 0 radical (unpaired) electrons. The lowest BCUT2D eigenvalue weighted by Crippen LogP contribution is -2.28. The summed E-state index contributed by atoms with van der Waals surface area (Å²) in [5.41, 5.74) is 3.50. The normalized spacial score (nSPS) is 13.9. The van der Waals surface area contributed by atoms with Gasteiger partial charge in [0.15, 0.2) is 5.69 Å². The standard InChI is InChI=1S/C13H15N5O/c19-13(16-7-9-2-1-4-14-6-9)12-10-8-15-5-3-11(10)17-18-12/h1-2,4,6,15H,3,5,7-8H2,(H,16,19)(H,17,18). The number of aromatic amines is 1. The summed E-state index contributed by atoms with van der Waals surface area (Å²) >= 11 is 0. The maximum Gasteiger partial charge on any atom is 0.272 e. The number of nitrogens with zero attached hydrogens (tertiary/aromatic N) is 2. The van der Waals surface area contributed by atoms with Crippen LogP contribution in [0.1, 0.15) is 27.3 Å². The number of hydrogen-bond donors (Lipinski definition) is 3.